The highest BCUT2D eigenvalue weighted by molar-refractivity contribution is 5.25. The first-order valence-corrected chi connectivity index (χ1v) is 5.46. The molecule has 0 aromatic carbocycles. The average Bonchev–Trinajstić information content (AvgIpc) is 2.65. The van der Waals surface area contributed by atoms with Crippen molar-refractivity contribution < 1.29 is 4.74 Å². The van der Waals surface area contributed by atoms with E-state index < -0.39 is 0 Å². The van der Waals surface area contributed by atoms with E-state index in [4.69, 9.17) is 10.5 Å². The van der Waals surface area contributed by atoms with Gasteiger partial charge in [-0.05, 0) is 37.5 Å². The maximum absolute atomic E-state index is 6.24. The molecule has 0 saturated carbocycles. The van der Waals surface area contributed by atoms with Gasteiger partial charge in [-0.15, -0.1) is 0 Å². The maximum atomic E-state index is 6.24. The summed E-state index contributed by atoms with van der Waals surface area (Å²) in [5, 5.41) is 0. The first-order chi connectivity index (χ1) is 7.18. The van der Waals surface area contributed by atoms with Crippen molar-refractivity contribution in [3.05, 3.63) is 29.6 Å². The van der Waals surface area contributed by atoms with Gasteiger partial charge in [0.05, 0.1) is 12.7 Å². The Labute approximate surface area is 90.7 Å². The van der Waals surface area contributed by atoms with Gasteiger partial charge in [-0.2, -0.15) is 0 Å². The molecule has 1 aliphatic heterocycles. The van der Waals surface area contributed by atoms with Crippen LogP contribution in [0.1, 0.15) is 30.5 Å². The van der Waals surface area contributed by atoms with E-state index >= 15 is 0 Å². The van der Waals surface area contributed by atoms with Crippen molar-refractivity contribution in [1.29, 1.82) is 0 Å². The summed E-state index contributed by atoms with van der Waals surface area (Å²) >= 11 is 0. The number of hydrogen-bond donors (Lipinski definition) is 1. The predicted octanol–water partition coefficient (Wildman–Crippen LogP) is 1.81. The molecule has 1 aliphatic rings. The van der Waals surface area contributed by atoms with E-state index in [2.05, 4.69) is 18.8 Å². The lowest BCUT2D eigenvalue weighted by atomic mass is 9.91. The van der Waals surface area contributed by atoms with Crippen molar-refractivity contribution in [3.8, 4) is 0 Å². The SMILES string of the molecule is Cc1ccncc1C(N)C1COC(C)C1. The molecule has 2 N–H and O–H groups in total. The fourth-order valence-electron chi connectivity index (χ4n) is 2.18. The van der Waals surface area contributed by atoms with Crippen LogP contribution < -0.4 is 5.73 Å². The summed E-state index contributed by atoms with van der Waals surface area (Å²) in [6.45, 7) is 4.95. The van der Waals surface area contributed by atoms with Crippen molar-refractivity contribution in [2.24, 2.45) is 11.7 Å². The number of ether oxygens (including phenoxy) is 1. The second-order valence-corrected chi connectivity index (χ2v) is 4.40. The molecular weight excluding hydrogens is 188 g/mol. The van der Waals surface area contributed by atoms with Crippen molar-refractivity contribution in [2.45, 2.75) is 32.4 Å². The molecule has 0 spiro atoms. The monoisotopic (exact) mass is 206 g/mol. The Bertz CT molecular complexity index is 340. The summed E-state index contributed by atoms with van der Waals surface area (Å²) in [4.78, 5) is 4.14. The number of hydrogen-bond acceptors (Lipinski definition) is 3. The summed E-state index contributed by atoms with van der Waals surface area (Å²) in [7, 11) is 0. The largest absolute Gasteiger partial charge is 0.378 e. The molecule has 2 rings (SSSR count). The molecule has 0 aliphatic carbocycles. The van der Waals surface area contributed by atoms with Crippen LogP contribution in [-0.4, -0.2) is 17.7 Å². The molecule has 1 aromatic rings. The molecule has 1 saturated heterocycles. The summed E-state index contributed by atoms with van der Waals surface area (Å²) in [6, 6.07) is 2.07. The van der Waals surface area contributed by atoms with Gasteiger partial charge in [0.1, 0.15) is 0 Å². The molecule has 1 aromatic heterocycles. The minimum absolute atomic E-state index is 0.0589. The zero-order valence-electron chi connectivity index (χ0n) is 9.31. The highest BCUT2D eigenvalue weighted by Crippen LogP contribution is 2.30. The van der Waals surface area contributed by atoms with Crippen LogP contribution >= 0.6 is 0 Å². The quantitative estimate of drug-likeness (QED) is 0.803. The Morgan fingerprint density at radius 3 is 3.00 bits per heavy atom. The molecule has 3 unspecified atom stereocenters. The zero-order valence-corrected chi connectivity index (χ0v) is 9.31. The molecule has 0 bridgehead atoms. The standard InChI is InChI=1S/C12H18N2O/c1-8-3-4-14-6-11(8)12(13)10-5-9(2)15-7-10/h3-4,6,9-10,12H,5,7,13H2,1-2H3. The summed E-state index contributed by atoms with van der Waals surface area (Å²) < 4.78 is 5.55. The molecular formula is C12H18N2O. The van der Waals surface area contributed by atoms with Crippen LogP contribution in [0.15, 0.2) is 18.5 Å². The van der Waals surface area contributed by atoms with Crippen molar-refractivity contribution >= 4 is 0 Å². The average molecular weight is 206 g/mol. The lowest BCUT2D eigenvalue weighted by molar-refractivity contribution is 0.118. The number of aryl methyl sites for hydroxylation is 1. The number of rotatable bonds is 2. The van der Waals surface area contributed by atoms with E-state index in [1.165, 1.54) is 5.56 Å². The van der Waals surface area contributed by atoms with Gasteiger partial charge < -0.3 is 10.5 Å². The Kier molecular flexibility index (Phi) is 3.03. The summed E-state index contributed by atoms with van der Waals surface area (Å²) in [6.07, 6.45) is 5.08. The van der Waals surface area contributed by atoms with Gasteiger partial charge in [-0.1, -0.05) is 0 Å². The minimum Gasteiger partial charge on any atom is -0.378 e. The van der Waals surface area contributed by atoms with E-state index in [-0.39, 0.29) is 6.04 Å². The van der Waals surface area contributed by atoms with Crippen molar-refractivity contribution in [2.75, 3.05) is 6.61 Å². The number of pyridine rings is 1. The van der Waals surface area contributed by atoms with E-state index in [0.29, 0.717) is 12.0 Å². The van der Waals surface area contributed by atoms with E-state index in [1.54, 1.807) is 6.20 Å². The van der Waals surface area contributed by atoms with E-state index in [1.807, 2.05) is 12.3 Å². The van der Waals surface area contributed by atoms with Gasteiger partial charge in [-0.25, -0.2) is 0 Å². The molecule has 0 radical (unpaired) electrons. The van der Waals surface area contributed by atoms with Crippen molar-refractivity contribution in [1.82, 2.24) is 4.98 Å². The highest BCUT2D eigenvalue weighted by Gasteiger charge is 2.28. The topological polar surface area (TPSA) is 48.1 Å². The maximum Gasteiger partial charge on any atom is 0.0551 e. The normalized spacial score (nSPS) is 27.9. The third-order valence-electron chi connectivity index (χ3n) is 3.18. The van der Waals surface area contributed by atoms with Gasteiger partial charge >= 0.3 is 0 Å². The lowest BCUT2D eigenvalue weighted by Crippen LogP contribution is -2.22. The third-order valence-corrected chi connectivity index (χ3v) is 3.18. The van der Waals surface area contributed by atoms with Crippen LogP contribution in [-0.2, 0) is 4.74 Å². The minimum atomic E-state index is 0.0589. The second-order valence-electron chi connectivity index (χ2n) is 4.40. The van der Waals surface area contributed by atoms with Gasteiger partial charge in [-0.3, -0.25) is 4.98 Å². The molecule has 3 atom stereocenters. The Morgan fingerprint density at radius 2 is 2.40 bits per heavy atom. The molecule has 3 heteroatoms. The fraction of sp³-hybridized carbons (Fsp3) is 0.583. The first kappa shape index (κ1) is 10.6. The fourth-order valence-corrected chi connectivity index (χ4v) is 2.18. The number of aromatic nitrogens is 1. The molecule has 82 valence electrons. The molecule has 3 nitrogen and oxygen atoms in total. The predicted molar refractivity (Wildman–Crippen MR) is 59.4 cm³/mol. The van der Waals surface area contributed by atoms with Gasteiger partial charge in [0.2, 0.25) is 0 Å². The van der Waals surface area contributed by atoms with Gasteiger partial charge in [0.15, 0.2) is 0 Å². The van der Waals surface area contributed by atoms with Gasteiger partial charge in [0.25, 0.3) is 0 Å². The summed E-state index contributed by atoms with van der Waals surface area (Å²) in [5.41, 5.74) is 8.62. The molecule has 15 heavy (non-hydrogen) atoms. The summed E-state index contributed by atoms with van der Waals surface area (Å²) in [5.74, 6) is 0.433. The lowest BCUT2D eigenvalue weighted by Gasteiger charge is -2.19. The van der Waals surface area contributed by atoms with Crippen molar-refractivity contribution in [3.63, 3.8) is 0 Å². The zero-order chi connectivity index (χ0) is 10.8. The van der Waals surface area contributed by atoms with Crippen LogP contribution in [0.3, 0.4) is 0 Å². The first-order valence-electron chi connectivity index (χ1n) is 5.46. The molecule has 2 heterocycles. The van der Waals surface area contributed by atoms with Crippen LogP contribution in [0, 0.1) is 12.8 Å². The number of nitrogens with two attached hydrogens (primary N) is 1. The molecule has 1 fully saturated rings. The smallest absolute Gasteiger partial charge is 0.0551 e. The van der Waals surface area contributed by atoms with E-state index in [0.717, 1.165) is 18.6 Å². The van der Waals surface area contributed by atoms with Crippen LogP contribution in [0.25, 0.3) is 0 Å². The van der Waals surface area contributed by atoms with Crippen LogP contribution in [0.5, 0.6) is 0 Å². The van der Waals surface area contributed by atoms with E-state index in [9.17, 15) is 0 Å². The number of nitrogens with zero attached hydrogens (tertiary/aromatic N) is 1. The second kappa shape index (κ2) is 4.29. The van der Waals surface area contributed by atoms with Crippen LogP contribution in [0.2, 0.25) is 0 Å². The third kappa shape index (κ3) is 2.19. The Hall–Kier alpha value is -0.930. The molecule has 0 amide bonds. The van der Waals surface area contributed by atoms with Crippen LogP contribution in [0.4, 0.5) is 0 Å². The van der Waals surface area contributed by atoms with Gasteiger partial charge in [0, 0.05) is 24.4 Å². The Balaban J connectivity index is 2.14. The highest BCUT2D eigenvalue weighted by atomic mass is 16.5. The Morgan fingerprint density at radius 1 is 1.60 bits per heavy atom.